The molecule has 0 heterocycles. The lowest BCUT2D eigenvalue weighted by Crippen LogP contribution is -2.25. The third-order valence-corrected chi connectivity index (χ3v) is 2.16. The highest BCUT2D eigenvalue weighted by Gasteiger charge is 2.06. The number of hydrogen-bond donors (Lipinski definition) is 1. The van der Waals surface area contributed by atoms with Gasteiger partial charge < -0.3 is 10.1 Å². The van der Waals surface area contributed by atoms with E-state index in [9.17, 15) is 9.59 Å². The van der Waals surface area contributed by atoms with Gasteiger partial charge in [-0.1, -0.05) is 12.1 Å². The number of aldehydes is 1. The predicted molar refractivity (Wildman–Crippen MR) is 52.5 cm³/mol. The zero-order chi connectivity index (χ0) is 9.68. The van der Waals surface area contributed by atoms with E-state index in [1.807, 2.05) is 6.07 Å². The molecule has 0 unspecified atom stereocenters. The van der Waals surface area contributed by atoms with Crippen LogP contribution in [0.1, 0.15) is 10.4 Å². The lowest BCUT2D eigenvalue weighted by Gasteiger charge is -2.02. The summed E-state index contributed by atoms with van der Waals surface area (Å²) in [6, 6.07) is 7.04. The quantitative estimate of drug-likeness (QED) is 0.814. The van der Waals surface area contributed by atoms with Gasteiger partial charge in [0, 0.05) is 4.47 Å². The smallest absolute Gasteiger partial charge is 0.252 e. The summed E-state index contributed by atoms with van der Waals surface area (Å²) >= 11 is 3.24. The molecular formula is C9H8BrNO2. The fourth-order valence-electron chi connectivity index (χ4n) is 0.875. The summed E-state index contributed by atoms with van der Waals surface area (Å²) in [6.45, 7) is 0.0418. The maximum Gasteiger partial charge on any atom is 0.252 e. The number of benzene rings is 1. The average molecular weight is 242 g/mol. The molecule has 13 heavy (non-hydrogen) atoms. The van der Waals surface area contributed by atoms with Gasteiger partial charge in [-0.2, -0.15) is 0 Å². The van der Waals surface area contributed by atoms with Gasteiger partial charge in [-0.25, -0.2) is 0 Å². The molecule has 1 aromatic rings. The summed E-state index contributed by atoms with van der Waals surface area (Å²) in [7, 11) is 0. The molecule has 0 bridgehead atoms. The minimum atomic E-state index is -0.250. The summed E-state index contributed by atoms with van der Waals surface area (Å²) in [5.41, 5.74) is 0.532. The number of amides is 1. The van der Waals surface area contributed by atoms with Gasteiger partial charge >= 0.3 is 0 Å². The number of halogens is 1. The molecule has 1 amide bonds. The molecular weight excluding hydrogens is 234 g/mol. The number of nitrogens with one attached hydrogen (secondary N) is 1. The zero-order valence-electron chi connectivity index (χ0n) is 6.79. The molecule has 0 atom stereocenters. The van der Waals surface area contributed by atoms with Crippen molar-refractivity contribution in [3.05, 3.63) is 34.3 Å². The van der Waals surface area contributed by atoms with Crippen molar-refractivity contribution < 1.29 is 9.59 Å². The maximum absolute atomic E-state index is 11.3. The monoisotopic (exact) mass is 241 g/mol. The van der Waals surface area contributed by atoms with Crippen LogP contribution < -0.4 is 5.32 Å². The molecule has 1 N–H and O–H groups in total. The Morgan fingerprint density at radius 2 is 2.15 bits per heavy atom. The molecule has 4 heteroatoms. The molecule has 0 aliphatic rings. The Labute approximate surface area is 84.3 Å². The van der Waals surface area contributed by atoms with Crippen molar-refractivity contribution in [1.29, 1.82) is 0 Å². The van der Waals surface area contributed by atoms with E-state index in [0.29, 0.717) is 11.8 Å². The number of carbonyl (C=O) groups is 2. The molecule has 1 rings (SSSR count). The van der Waals surface area contributed by atoms with Crippen LogP contribution in [0.15, 0.2) is 28.7 Å². The van der Waals surface area contributed by atoms with Crippen molar-refractivity contribution in [3.8, 4) is 0 Å². The minimum absolute atomic E-state index is 0.0418. The first kappa shape index (κ1) is 9.92. The fourth-order valence-corrected chi connectivity index (χ4v) is 1.34. The SMILES string of the molecule is O=CCNC(=O)c1ccccc1Br. The molecule has 0 saturated heterocycles. The summed E-state index contributed by atoms with van der Waals surface area (Å²) in [5, 5.41) is 2.45. The Bertz CT molecular complexity index is 325. The van der Waals surface area contributed by atoms with E-state index < -0.39 is 0 Å². The van der Waals surface area contributed by atoms with E-state index in [1.54, 1.807) is 18.2 Å². The van der Waals surface area contributed by atoms with Gasteiger partial charge in [-0.3, -0.25) is 4.79 Å². The number of rotatable bonds is 3. The second kappa shape index (κ2) is 4.77. The summed E-state index contributed by atoms with van der Waals surface area (Å²) < 4.78 is 0.721. The summed E-state index contributed by atoms with van der Waals surface area (Å²) in [5.74, 6) is -0.250. The van der Waals surface area contributed by atoms with Gasteiger partial charge in [-0.15, -0.1) is 0 Å². The standard InChI is InChI=1S/C9H8BrNO2/c10-8-4-2-1-3-7(8)9(13)11-5-6-12/h1-4,6H,5H2,(H,11,13). The van der Waals surface area contributed by atoms with Crippen LogP contribution in [0.4, 0.5) is 0 Å². The molecule has 0 fully saturated rings. The number of carbonyl (C=O) groups excluding carboxylic acids is 2. The molecule has 0 aliphatic heterocycles. The Balaban J connectivity index is 2.76. The van der Waals surface area contributed by atoms with E-state index in [2.05, 4.69) is 21.2 Å². The first-order chi connectivity index (χ1) is 6.25. The van der Waals surface area contributed by atoms with Gasteiger partial charge in [-0.05, 0) is 28.1 Å². The fraction of sp³-hybridized carbons (Fsp3) is 0.111. The van der Waals surface area contributed by atoms with Crippen LogP contribution in [0.5, 0.6) is 0 Å². The summed E-state index contributed by atoms with van der Waals surface area (Å²) in [4.78, 5) is 21.3. The zero-order valence-corrected chi connectivity index (χ0v) is 8.37. The Kier molecular flexibility index (Phi) is 3.64. The first-order valence-electron chi connectivity index (χ1n) is 3.72. The molecule has 1 aromatic carbocycles. The highest BCUT2D eigenvalue weighted by Crippen LogP contribution is 2.15. The van der Waals surface area contributed by atoms with Crippen LogP contribution in [-0.2, 0) is 4.79 Å². The highest BCUT2D eigenvalue weighted by molar-refractivity contribution is 9.10. The molecule has 68 valence electrons. The Morgan fingerprint density at radius 1 is 1.46 bits per heavy atom. The second-order valence-electron chi connectivity index (χ2n) is 2.36. The minimum Gasteiger partial charge on any atom is -0.345 e. The van der Waals surface area contributed by atoms with Gasteiger partial charge in [0.2, 0.25) is 0 Å². The van der Waals surface area contributed by atoms with Gasteiger partial charge in [0.25, 0.3) is 5.91 Å². The maximum atomic E-state index is 11.3. The topological polar surface area (TPSA) is 46.2 Å². The van der Waals surface area contributed by atoms with E-state index in [-0.39, 0.29) is 12.5 Å². The lowest BCUT2D eigenvalue weighted by molar-refractivity contribution is -0.107. The Hall–Kier alpha value is -1.16. The third-order valence-electron chi connectivity index (χ3n) is 1.46. The normalized spacial score (nSPS) is 9.31. The average Bonchev–Trinajstić information content (AvgIpc) is 2.15. The van der Waals surface area contributed by atoms with E-state index >= 15 is 0 Å². The van der Waals surface area contributed by atoms with Gasteiger partial charge in [0.15, 0.2) is 0 Å². The van der Waals surface area contributed by atoms with E-state index in [4.69, 9.17) is 0 Å². The summed E-state index contributed by atoms with van der Waals surface area (Å²) in [6.07, 6.45) is 0.648. The molecule has 0 aliphatic carbocycles. The van der Waals surface area contributed by atoms with Crippen molar-refractivity contribution in [1.82, 2.24) is 5.32 Å². The molecule has 3 nitrogen and oxygen atoms in total. The molecule has 0 spiro atoms. The second-order valence-corrected chi connectivity index (χ2v) is 3.21. The lowest BCUT2D eigenvalue weighted by atomic mass is 10.2. The predicted octanol–water partition coefficient (Wildman–Crippen LogP) is 1.38. The van der Waals surface area contributed by atoms with Gasteiger partial charge in [0.05, 0.1) is 12.1 Å². The van der Waals surface area contributed by atoms with Crippen molar-refractivity contribution in [2.24, 2.45) is 0 Å². The van der Waals surface area contributed by atoms with Crippen molar-refractivity contribution in [2.75, 3.05) is 6.54 Å². The van der Waals surface area contributed by atoms with Crippen LogP contribution in [0.2, 0.25) is 0 Å². The van der Waals surface area contributed by atoms with E-state index in [0.717, 1.165) is 4.47 Å². The first-order valence-corrected chi connectivity index (χ1v) is 4.51. The van der Waals surface area contributed by atoms with Crippen LogP contribution in [0, 0.1) is 0 Å². The van der Waals surface area contributed by atoms with Crippen LogP contribution in [-0.4, -0.2) is 18.7 Å². The van der Waals surface area contributed by atoms with Crippen LogP contribution in [0.3, 0.4) is 0 Å². The number of hydrogen-bond acceptors (Lipinski definition) is 2. The van der Waals surface area contributed by atoms with Crippen molar-refractivity contribution in [3.63, 3.8) is 0 Å². The van der Waals surface area contributed by atoms with Gasteiger partial charge in [0.1, 0.15) is 6.29 Å². The van der Waals surface area contributed by atoms with Crippen LogP contribution in [0.25, 0.3) is 0 Å². The van der Waals surface area contributed by atoms with Crippen molar-refractivity contribution in [2.45, 2.75) is 0 Å². The Morgan fingerprint density at radius 3 is 2.77 bits per heavy atom. The highest BCUT2D eigenvalue weighted by atomic mass is 79.9. The van der Waals surface area contributed by atoms with E-state index in [1.165, 1.54) is 0 Å². The largest absolute Gasteiger partial charge is 0.345 e. The van der Waals surface area contributed by atoms with Crippen molar-refractivity contribution >= 4 is 28.1 Å². The molecule has 0 aromatic heterocycles. The third kappa shape index (κ3) is 2.66. The molecule has 0 radical (unpaired) electrons. The molecule has 0 saturated carbocycles. The van der Waals surface area contributed by atoms with Crippen LogP contribution >= 0.6 is 15.9 Å².